The number of nitrogens with zero attached hydrogens (tertiary/aromatic N) is 6. The molecule has 1 atom stereocenters. The number of hydrogen-bond acceptors (Lipinski definition) is 6. The van der Waals surface area contributed by atoms with Crippen LogP contribution < -0.4 is 5.32 Å². The molecule has 0 aliphatic carbocycles. The number of H-pyrrole nitrogens is 1. The minimum atomic E-state index is -0.456. The normalized spacial score (nSPS) is 11.6. The lowest BCUT2D eigenvalue weighted by atomic mass is 10.0. The van der Waals surface area contributed by atoms with Crippen LogP contribution in [-0.2, 0) is 17.6 Å². The second kappa shape index (κ2) is 11.9. The van der Waals surface area contributed by atoms with Gasteiger partial charge in [-0.1, -0.05) is 65.7 Å². The lowest BCUT2D eigenvalue weighted by molar-refractivity contribution is -0.121. The third kappa shape index (κ3) is 6.32. The van der Waals surface area contributed by atoms with Crippen molar-refractivity contribution in [3.8, 4) is 23.0 Å². The molecule has 0 saturated heterocycles. The SMILES string of the molecule is N#Cc1ccc(-c2nc([C@H](Cc3ccccc3)NC(=O)CCc3cc(Cl)ccc3-n3cnnn3)[nH]c2Cl)cc1. The highest BCUT2D eigenvalue weighted by molar-refractivity contribution is 6.32. The summed E-state index contributed by atoms with van der Waals surface area (Å²) in [7, 11) is 0. The van der Waals surface area contributed by atoms with Gasteiger partial charge in [-0.2, -0.15) is 5.26 Å². The molecule has 0 unspecified atom stereocenters. The lowest BCUT2D eigenvalue weighted by Crippen LogP contribution is -2.31. The molecule has 5 aromatic rings. The molecule has 11 heteroatoms. The summed E-state index contributed by atoms with van der Waals surface area (Å²) in [5, 5.41) is 24.5. The first-order valence-corrected chi connectivity index (χ1v) is 12.9. The van der Waals surface area contributed by atoms with Crippen LogP contribution in [0, 0.1) is 11.3 Å². The number of carbonyl (C=O) groups excluding carboxylic acids is 1. The van der Waals surface area contributed by atoms with E-state index in [-0.39, 0.29) is 12.3 Å². The minimum absolute atomic E-state index is 0.161. The molecule has 0 aliphatic heterocycles. The first kappa shape index (κ1) is 26.1. The average Bonchev–Trinajstić information content (AvgIpc) is 3.62. The Bertz CT molecular complexity index is 1610. The number of amides is 1. The Morgan fingerprint density at radius 3 is 2.59 bits per heavy atom. The maximum Gasteiger partial charge on any atom is 0.220 e. The largest absolute Gasteiger partial charge is 0.346 e. The second-order valence-electron chi connectivity index (χ2n) is 8.81. The number of nitrogens with one attached hydrogen (secondary N) is 2. The fraction of sp³-hybridized carbons (Fsp3) is 0.143. The van der Waals surface area contributed by atoms with Crippen LogP contribution in [0.25, 0.3) is 16.9 Å². The highest BCUT2D eigenvalue weighted by atomic mass is 35.5. The van der Waals surface area contributed by atoms with Crippen LogP contribution in [0.15, 0.2) is 79.1 Å². The van der Waals surface area contributed by atoms with Gasteiger partial charge in [0.25, 0.3) is 0 Å². The Kier molecular flexibility index (Phi) is 7.96. The first-order valence-electron chi connectivity index (χ1n) is 12.1. The average molecular weight is 557 g/mol. The Morgan fingerprint density at radius 2 is 1.87 bits per heavy atom. The van der Waals surface area contributed by atoms with Crippen LogP contribution >= 0.6 is 23.2 Å². The Hall–Kier alpha value is -4.52. The first-order chi connectivity index (χ1) is 19.0. The van der Waals surface area contributed by atoms with Crippen molar-refractivity contribution in [2.45, 2.75) is 25.3 Å². The van der Waals surface area contributed by atoms with Crippen molar-refractivity contribution in [2.75, 3.05) is 0 Å². The number of imidazole rings is 1. The summed E-state index contributed by atoms with van der Waals surface area (Å²) in [5.74, 6) is 0.375. The molecular weight excluding hydrogens is 535 g/mol. The molecule has 0 fully saturated rings. The smallest absolute Gasteiger partial charge is 0.220 e. The number of benzene rings is 3. The van der Waals surface area contributed by atoms with Gasteiger partial charge in [-0.25, -0.2) is 9.67 Å². The van der Waals surface area contributed by atoms with E-state index in [4.69, 9.17) is 33.4 Å². The summed E-state index contributed by atoms with van der Waals surface area (Å²) >= 11 is 12.8. The van der Waals surface area contributed by atoms with E-state index in [9.17, 15) is 4.79 Å². The molecule has 0 aliphatic rings. The van der Waals surface area contributed by atoms with Crippen molar-refractivity contribution in [1.82, 2.24) is 35.5 Å². The number of aromatic amines is 1. The molecule has 0 spiro atoms. The third-order valence-corrected chi connectivity index (χ3v) is 6.68. The Balaban J connectivity index is 1.36. The molecule has 2 aromatic heterocycles. The molecule has 39 heavy (non-hydrogen) atoms. The van der Waals surface area contributed by atoms with Crippen LogP contribution in [0.4, 0.5) is 0 Å². The van der Waals surface area contributed by atoms with Crippen molar-refractivity contribution in [3.63, 3.8) is 0 Å². The van der Waals surface area contributed by atoms with Gasteiger partial charge in [-0.15, -0.1) is 5.10 Å². The maximum atomic E-state index is 13.2. The molecule has 0 radical (unpaired) electrons. The van der Waals surface area contributed by atoms with Crippen LogP contribution in [0.5, 0.6) is 0 Å². The molecule has 0 saturated carbocycles. The van der Waals surface area contributed by atoms with Crippen LogP contribution in [0.3, 0.4) is 0 Å². The van der Waals surface area contributed by atoms with Crippen molar-refractivity contribution < 1.29 is 4.79 Å². The zero-order valence-corrected chi connectivity index (χ0v) is 22.1. The molecule has 2 heterocycles. The number of rotatable bonds is 9. The minimum Gasteiger partial charge on any atom is -0.346 e. The highest BCUT2D eigenvalue weighted by Crippen LogP contribution is 2.29. The van der Waals surface area contributed by atoms with Crippen LogP contribution in [0.1, 0.15) is 35.0 Å². The van der Waals surface area contributed by atoms with E-state index in [1.54, 1.807) is 30.3 Å². The fourth-order valence-corrected chi connectivity index (χ4v) is 4.70. The van der Waals surface area contributed by atoms with Crippen molar-refractivity contribution in [1.29, 1.82) is 5.26 Å². The van der Waals surface area contributed by atoms with Gasteiger partial charge < -0.3 is 10.3 Å². The topological polar surface area (TPSA) is 125 Å². The van der Waals surface area contributed by atoms with Crippen molar-refractivity contribution in [2.24, 2.45) is 0 Å². The summed E-state index contributed by atoms with van der Waals surface area (Å²) in [6, 6.07) is 23.9. The van der Waals surface area contributed by atoms with Crippen molar-refractivity contribution in [3.05, 3.63) is 112 Å². The number of tetrazole rings is 1. The van der Waals surface area contributed by atoms with Gasteiger partial charge in [0.05, 0.1) is 23.4 Å². The van der Waals surface area contributed by atoms with Gasteiger partial charge in [-0.3, -0.25) is 4.79 Å². The van der Waals surface area contributed by atoms with Gasteiger partial charge in [-0.05, 0) is 64.7 Å². The summed E-state index contributed by atoms with van der Waals surface area (Å²) in [6.07, 6.45) is 2.64. The van der Waals surface area contributed by atoms with E-state index >= 15 is 0 Å². The molecule has 3 aromatic carbocycles. The fourth-order valence-electron chi connectivity index (χ4n) is 4.26. The predicted molar refractivity (Wildman–Crippen MR) is 147 cm³/mol. The molecule has 9 nitrogen and oxygen atoms in total. The molecule has 194 valence electrons. The van der Waals surface area contributed by atoms with Gasteiger partial charge in [0.2, 0.25) is 5.91 Å². The standard InChI is InChI=1S/C28H22Cl2N8O/c29-22-11-12-24(38-17-32-36-37-38)21(15-22)10-13-25(39)33-23(14-18-4-2-1-3-5-18)28-34-26(27(30)35-28)20-8-6-19(16-31)7-9-20/h1-9,11-12,15,17,23H,10,13-14H2,(H,33,39)(H,34,35)/t23-/m0/s1. The van der Waals surface area contributed by atoms with Gasteiger partial charge in [0.1, 0.15) is 23.0 Å². The van der Waals surface area contributed by atoms with E-state index < -0.39 is 6.04 Å². The van der Waals surface area contributed by atoms with E-state index in [0.29, 0.717) is 40.1 Å². The zero-order chi connectivity index (χ0) is 27.2. The summed E-state index contributed by atoms with van der Waals surface area (Å²) < 4.78 is 1.54. The quantitative estimate of drug-likeness (QED) is 0.255. The van der Waals surface area contributed by atoms with E-state index in [1.807, 2.05) is 42.5 Å². The zero-order valence-electron chi connectivity index (χ0n) is 20.6. The number of nitriles is 1. The summed E-state index contributed by atoms with van der Waals surface area (Å²) in [4.78, 5) is 21.1. The second-order valence-corrected chi connectivity index (χ2v) is 9.63. The number of carbonyl (C=O) groups is 1. The van der Waals surface area contributed by atoms with Gasteiger partial charge >= 0.3 is 0 Å². The molecule has 0 bridgehead atoms. The van der Waals surface area contributed by atoms with E-state index in [0.717, 1.165) is 22.4 Å². The third-order valence-electron chi connectivity index (χ3n) is 6.17. The Labute approximate surface area is 234 Å². The van der Waals surface area contributed by atoms with Gasteiger partial charge in [0.15, 0.2) is 0 Å². The molecular formula is C28H22Cl2N8O. The number of halogens is 2. The molecule has 1 amide bonds. The monoisotopic (exact) mass is 556 g/mol. The van der Waals surface area contributed by atoms with E-state index in [1.165, 1.54) is 11.0 Å². The number of aromatic nitrogens is 6. The van der Waals surface area contributed by atoms with Gasteiger partial charge in [0, 0.05) is 17.0 Å². The van der Waals surface area contributed by atoms with Crippen molar-refractivity contribution >= 4 is 29.1 Å². The van der Waals surface area contributed by atoms with Crippen LogP contribution in [-0.4, -0.2) is 36.1 Å². The van der Waals surface area contributed by atoms with E-state index in [2.05, 4.69) is 31.9 Å². The summed E-state index contributed by atoms with van der Waals surface area (Å²) in [6.45, 7) is 0. The number of hydrogen-bond donors (Lipinski definition) is 2. The van der Waals surface area contributed by atoms with Crippen LogP contribution in [0.2, 0.25) is 10.2 Å². The Morgan fingerprint density at radius 1 is 1.08 bits per heavy atom. The summed E-state index contributed by atoms with van der Waals surface area (Å²) in [5.41, 5.74) is 4.49. The maximum absolute atomic E-state index is 13.2. The molecule has 5 rings (SSSR count). The highest BCUT2D eigenvalue weighted by Gasteiger charge is 2.22. The predicted octanol–water partition coefficient (Wildman–Crippen LogP) is 5.26. The molecule has 2 N–H and O–H groups in total. The number of aryl methyl sites for hydroxylation is 1. The lowest BCUT2D eigenvalue weighted by Gasteiger charge is -2.17.